The smallest absolute Gasteiger partial charge is 0.257 e. The maximum absolute atomic E-state index is 13.0. The van der Waals surface area contributed by atoms with E-state index in [1.807, 2.05) is 58.9 Å². The van der Waals surface area contributed by atoms with Crippen molar-refractivity contribution in [1.82, 2.24) is 19.8 Å². The largest absolute Gasteiger partial charge is 0.339 e. The van der Waals surface area contributed by atoms with Gasteiger partial charge in [0.15, 0.2) is 0 Å². The van der Waals surface area contributed by atoms with E-state index in [2.05, 4.69) is 9.97 Å². The lowest BCUT2D eigenvalue weighted by atomic mass is 10.1. The van der Waals surface area contributed by atoms with Crippen LogP contribution in [0.4, 0.5) is 5.95 Å². The summed E-state index contributed by atoms with van der Waals surface area (Å²) in [7, 11) is 0. The molecule has 0 atom stereocenters. The van der Waals surface area contributed by atoms with Crippen molar-refractivity contribution in [2.75, 3.05) is 31.1 Å². The Morgan fingerprint density at radius 1 is 1.04 bits per heavy atom. The molecule has 7 heteroatoms. The fourth-order valence-corrected chi connectivity index (χ4v) is 3.25. The fraction of sp³-hybridized carbons (Fsp3) is 0.429. The zero-order chi connectivity index (χ0) is 20.1. The second-order valence-electron chi connectivity index (χ2n) is 7.28. The number of nitrogens with zero attached hydrogens (tertiary/aromatic N) is 5. The predicted octanol–water partition coefficient (Wildman–Crippen LogP) is 2.20. The molecule has 0 saturated carbocycles. The Morgan fingerprint density at radius 3 is 2.18 bits per heavy atom. The van der Waals surface area contributed by atoms with Crippen molar-refractivity contribution in [3.63, 3.8) is 0 Å². The van der Waals surface area contributed by atoms with Crippen molar-refractivity contribution in [2.45, 2.75) is 33.4 Å². The topological polar surface area (TPSA) is 69.6 Å². The highest BCUT2D eigenvalue weighted by atomic mass is 16.2. The van der Waals surface area contributed by atoms with Crippen molar-refractivity contribution in [3.05, 3.63) is 53.9 Å². The first kappa shape index (κ1) is 19.8. The van der Waals surface area contributed by atoms with Crippen LogP contribution in [0.25, 0.3) is 0 Å². The first-order valence-electron chi connectivity index (χ1n) is 9.63. The summed E-state index contributed by atoms with van der Waals surface area (Å²) in [6.45, 7) is 8.86. The Morgan fingerprint density at radius 2 is 1.64 bits per heavy atom. The van der Waals surface area contributed by atoms with E-state index in [0.29, 0.717) is 44.2 Å². The molecule has 0 bridgehead atoms. The third kappa shape index (κ3) is 4.65. The van der Waals surface area contributed by atoms with E-state index in [1.54, 1.807) is 19.3 Å². The molecule has 1 aromatic heterocycles. The van der Waals surface area contributed by atoms with Crippen LogP contribution in [0.2, 0.25) is 0 Å². The average Bonchev–Trinajstić information content (AvgIpc) is 2.72. The molecular weight excluding hydrogens is 354 g/mol. The van der Waals surface area contributed by atoms with Gasteiger partial charge in [-0.2, -0.15) is 0 Å². The zero-order valence-corrected chi connectivity index (χ0v) is 16.7. The molecule has 1 aromatic carbocycles. The molecule has 0 aliphatic carbocycles. The first-order valence-corrected chi connectivity index (χ1v) is 9.63. The van der Waals surface area contributed by atoms with Crippen molar-refractivity contribution < 1.29 is 9.59 Å². The lowest BCUT2D eigenvalue weighted by molar-refractivity contribution is -0.129. The van der Waals surface area contributed by atoms with Crippen LogP contribution in [0.5, 0.6) is 0 Å². The minimum Gasteiger partial charge on any atom is -0.339 e. The summed E-state index contributed by atoms with van der Waals surface area (Å²) in [6.07, 6.45) is 3.20. The van der Waals surface area contributed by atoms with Crippen LogP contribution in [0.3, 0.4) is 0 Å². The number of hydrogen-bond acceptors (Lipinski definition) is 5. The standard InChI is InChI=1S/C21H27N5O2/c1-16(2)26(15-18-7-5-4-6-8-18)20(28)19-13-22-21(23-14-19)25-11-9-24(10-12-25)17(3)27/h4-8,13-14,16H,9-12,15H2,1-3H3. The lowest BCUT2D eigenvalue weighted by Gasteiger charge is -2.34. The Labute approximate surface area is 166 Å². The van der Waals surface area contributed by atoms with Gasteiger partial charge in [0.25, 0.3) is 5.91 Å². The average molecular weight is 381 g/mol. The number of anilines is 1. The summed E-state index contributed by atoms with van der Waals surface area (Å²) in [5.41, 5.74) is 1.57. The third-order valence-electron chi connectivity index (χ3n) is 4.97. The number of amides is 2. The van der Waals surface area contributed by atoms with E-state index in [-0.39, 0.29) is 17.9 Å². The van der Waals surface area contributed by atoms with Gasteiger partial charge in [-0.1, -0.05) is 30.3 Å². The second kappa shape index (κ2) is 8.82. The Bertz CT molecular complexity index is 799. The number of rotatable bonds is 5. The maximum Gasteiger partial charge on any atom is 0.257 e. The Hall–Kier alpha value is -2.96. The molecule has 148 valence electrons. The van der Waals surface area contributed by atoms with Gasteiger partial charge in [-0.3, -0.25) is 9.59 Å². The maximum atomic E-state index is 13.0. The normalized spacial score (nSPS) is 14.3. The van der Waals surface area contributed by atoms with Gasteiger partial charge in [0.1, 0.15) is 0 Å². The zero-order valence-electron chi connectivity index (χ0n) is 16.7. The number of piperazine rings is 1. The van der Waals surface area contributed by atoms with Crippen LogP contribution < -0.4 is 4.90 Å². The summed E-state index contributed by atoms with van der Waals surface area (Å²) >= 11 is 0. The van der Waals surface area contributed by atoms with Gasteiger partial charge < -0.3 is 14.7 Å². The molecule has 0 unspecified atom stereocenters. The molecule has 1 aliphatic heterocycles. The minimum atomic E-state index is -0.0770. The van der Waals surface area contributed by atoms with Crippen molar-refractivity contribution in [2.24, 2.45) is 0 Å². The van der Waals surface area contributed by atoms with Gasteiger partial charge in [0, 0.05) is 58.1 Å². The van der Waals surface area contributed by atoms with Crippen molar-refractivity contribution in [1.29, 1.82) is 0 Å². The molecule has 3 rings (SSSR count). The van der Waals surface area contributed by atoms with Crippen LogP contribution in [-0.4, -0.2) is 63.8 Å². The predicted molar refractivity (Wildman–Crippen MR) is 108 cm³/mol. The van der Waals surface area contributed by atoms with E-state index in [4.69, 9.17) is 0 Å². The minimum absolute atomic E-state index is 0.0621. The van der Waals surface area contributed by atoms with Crippen molar-refractivity contribution in [3.8, 4) is 0 Å². The number of aromatic nitrogens is 2. The Balaban J connectivity index is 1.67. The van der Waals surface area contributed by atoms with Gasteiger partial charge in [0.2, 0.25) is 11.9 Å². The van der Waals surface area contributed by atoms with Gasteiger partial charge in [-0.25, -0.2) is 9.97 Å². The third-order valence-corrected chi connectivity index (χ3v) is 4.97. The quantitative estimate of drug-likeness (QED) is 0.794. The first-order chi connectivity index (χ1) is 13.5. The summed E-state index contributed by atoms with van der Waals surface area (Å²) in [6, 6.07) is 10.0. The summed E-state index contributed by atoms with van der Waals surface area (Å²) < 4.78 is 0. The molecule has 2 heterocycles. The number of hydrogen-bond donors (Lipinski definition) is 0. The monoisotopic (exact) mass is 381 g/mol. The lowest BCUT2D eigenvalue weighted by Crippen LogP contribution is -2.48. The van der Waals surface area contributed by atoms with E-state index in [1.165, 1.54) is 0 Å². The highest BCUT2D eigenvalue weighted by molar-refractivity contribution is 5.93. The number of carbonyl (C=O) groups is 2. The van der Waals surface area contributed by atoms with Crippen LogP contribution in [0.15, 0.2) is 42.7 Å². The van der Waals surface area contributed by atoms with Crippen LogP contribution >= 0.6 is 0 Å². The molecule has 1 aliphatic rings. The molecule has 1 fully saturated rings. The van der Waals surface area contributed by atoms with Gasteiger partial charge in [-0.15, -0.1) is 0 Å². The van der Waals surface area contributed by atoms with Crippen LogP contribution in [0.1, 0.15) is 36.7 Å². The van der Waals surface area contributed by atoms with Gasteiger partial charge >= 0.3 is 0 Å². The number of benzene rings is 1. The van der Waals surface area contributed by atoms with Gasteiger partial charge in [0.05, 0.1) is 5.56 Å². The van der Waals surface area contributed by atoms with Gasteiger partial charge in [-0.05, 0) is 19.4 Å². The molecule has 0 spiro atoms. The molecule has 7 nitrogen and oxygen atoms in total. The second-order valence-corrected chi connectivity index (χ2v) is 7.28. The highest BCUT2D eigenvalue weighted by Gasteiger charge is 2.23. The summed E-state index contributed by atoms with van der Waals surface area (Å²) in [4.78, 5) is 38.9. The van der Waals surface area contributed by atoms with E-state index in [9.17, 15) is 9.59 Å². The molecule has 1 saturated heterocycles. The van der Waals surface area contributed by atoms with E-state index >= 15 is 0 Å². The number of carbonyl (C=O) groups excluding carboxylic acids is 2. The molecule has 2 amide bonds. The fourth-order valence-electron chi connectivity index (χ4n) is 3.25. The van der Waals surface area contributed by atoms with Crippen molar-refractivity contribution >= 4 is 17.8 Å². The molecule has 0 N–H and O–H groups in total. The molecule has 2 aromatic rings. The van der Waals surface area contributed by atoms with E-state index in [0.717, 1.165) is 5.56 Å². The van der Waals surface area contributed by atoms with E-state index < -0.39 is 0 Å². The molecule has 28 heavy (non-hydrogen) atoms. The molecule has 0 radical (unpaired) electrons. The Kier molecular flexibility index (Phi) is 6.23. The SMILES string of the molecule is CC(=O)N1CCN(c2ncc(C(=O)N(Cc3ccccc3)C(C)C)cn2)CC1. The summed E-state index contributed by atoms with van der Waals surface area (Å²) in [5, 5.41) is 0. The van der Waals surface area contributed by atoms with Crippen LogP contribution in [-0.2, 0) is 11.3 Å². The van der Waals surface area contributed by atoms with Crippen LogP contribution in [0, 0.1) is 0 Å². The molecular formula is C21H27N5O2. The highest BCUT2D eigenvalue weighted by Crippen LogP contribution is 2.15. The summed E-state index contributed by atoms with van der Waals surface area (Å²) in [5.74, 6) is 0.611.